The summed E-state index contributed by atoms with van der Waals surface area (Å²) in [7, 11) is 0. The second-order valence-electron chi connectivity index (χ2n) is 6.66. The molecule has 0 spiro atoms. The number of rotatable bonds is 4. The van der Waals surface area contributed by atoms with E-state index in [2.05, 4.69) is 61.2 Å². The zero-order chi connectivity index (χ0) is 19.5. The van der Waals surface area contributed by atoms with Gasteiger partial charge in [0.1, 0.15) is 5.75 Å². The molecule has 0 saturated heterocycles. The summed E-state index contributed by atoms with van der Waals surface area (Å²) in [5, 5.41) is 4.13. The minimum absolute atomic E-state index is 0.0647. The summed E-state index contributed by atoms with van der Waals surface area (Å²) in [6.45, 7) is 4.43. The summed E-state index contributed by atoms with van der Waals surface area (Å²) < 4.78 is 8.96. The molecule has 2 heterocycles. The SMILES string of the molecule is CCOc1ccc([C@H]2c3cccn3CCN2C(=S)Nc2ccc(Br)cc2)cc1. The molecule has 1 atom stereocenters. The topological polar surface area (TPSA) is 29.4 Å². The zero-order valence-electron chi connectivity index (χ0n) is 15.6. The van der Waals surface area contributed by atoms with Crippen LogP contribution in [0.25, 0.3) is 0 Å². The number of thiocarbonyl (C=S) groups is 1. The van der Waals surface area contributed by atoms with Gasteiger partial charge in [-0.05, 0) is 73.2 Å². The number of aromatic nitrogens is 1. The zero-order valence-corrected chi connectivity index (χ0v) is 18.0. The van der Waals surface area contributed by atoms with E-state index in [9.17, 15) is 0 Å². The van der Waals surface area contributed by atoms with Crippen LogP contribution in [0.4, 0.5) is 5.69 Å². The van der Waals surface area contributed by atoms with Crippen LogP contribution < -0.4 is 10.1 Å². The van der Waals surface area contributed by atoms with Crippen LogP contribution in [0.1, 0.15) is 24.2 Å². The van der Waals surface area contributed by atoms with E-state index in [0.717, 1.165) is 34.1 Å². The van der Waals surface area contributed by atoms with Crippen molar-refractivity contribution in [2.45, 2.75) is 19.5 Å². The first-order valence-corrected chi connectivity index (χ1v) is 10.6. The molecule has 0 radical (unpaired) electrons. The monoisotopic (exact) mass is 455 g/mol. The van der Waals surface area contributed by atoms with Crippen molar-refractivity contribution in [3.05, 3.63) is 82.6 Å². The number of halogens is 1. The molecule has 28 heavy (non-hydrogen) atoms. The molecule has 0 unspecified atom stereocenters. The van der Waals surface area contributed by atoms with Crippen LogP contribution in [0.5, 0.6) is 5.75 Å². The molecule has 1 aromatic heterocycles. The van der Waals surface area contributed by atoms with Gasteiger partial charge in [0.2, 0.25) is 0 Å². The van der Waals surface area contributed by atoms with Crippen molar-refractivity contribution in [3.8, 4) is 5.75 Å². The summed E-state index contributed by atoms with van der Waals surface area (Å²) in [6.07, 6.45) is 2.14. The van der Waals surface area contributed by atoms with Crippen molar-refractivity contribution in [2.24, 2.45) is 0 Å². The van der Waals surface area contributed by atoms with E-state index in [4.69, 9.17) is 17.0 Å². The second-order valence-corrected chi connectivity index (χ2v) is 7.96. The Morgan fingerprint density at radius 2 is 1.86 bits per heavy atom. The molecule has 0 bridgehead atoms. The van der Waals surface area contributed by atoms with Crippen molar-refractivity contribution in [1.29, 1.82) is 0 Å². The second kappa shape index (κ2) is 8.37. The van der Waals surface area contributed by atoms with E-state index in [1.165, 1.54) is 11.3 Å². The van der Waals surface area contributed by atoms with Crippen LogP contribution in [0.2, 0.25) is 0 Å². The molecule has 0 fully saturated rings. The molecule has 4 rings (SSSR count). The lowest BCUT2D eigenvalue weighted by Crippen LogP contribution is -2.44. The number of nitrogens with zero attached hydrogens (tertiary/aromatic N) is 2. The first kappa shape index (κ1) is 19.0. The number of ether oxygens (including phenoxy) is 1. The summed E-state index contributed by atoms with van der Waals surface area (Å²) in [5.41, 5.74) is 3.43. The Morgan fingerprint density at radius 3 is 2.57 bits per heavy atom. The van der Waals surface area contributed by atoms with Gasteiger partial charge in [0.25, 0.3) is 0 Å². The van der Waals surface area contributed by atoms with Gasteiger partial charge in [-0.3, -0.25) is 0 Å². The maximum atomic E-state index is 5.81. The number of hydrogen-bond donors (Lipinski definition) is 1. The predicted molar refractivity (Wildman–Crippen MR) is 121 cm³/mol. The number of nitrogens with one attached hydrogen (secondary N) is 1. The van der Waals surface area contributed by atoms with Crippen molar-refractivity contribution < 1.29 is 4.74 Å². The third kappa shape index (κ3) is 3.93. The number of benzene rings is 2. The average Bonchev–Trinajstić information content (AvgIpc) is 3.19. The Balaban J connectivity index is 1.63. The number of fused-ring (bicyclic) bond motifs is 1. The van der Waals surface area contributed by atoms with E-state index >= 15 is 0 Å². The van der Waals surface area contributed by atoms with Gasteiger partial charge in [-0.15, -0.1) is 0 Å². The lowest BCUT2D eigenvalue weighted by molar-refractivity contribution is 0.293. The molecule has 6 heteroatoms. The summed E-state index contributed by atoms with van der Waals surface area (Å²) in [6, 6.07) is 20.7. The smallest absolute Gasteiger partial charge is 0.174 e. The van der Waals surface area contributed by atoms with Crippen molar-refractivity contribution in [2.75, 3.05) is 18.5 Å². The van der Waals surface area contributed by atoms with Gasteiger partial charge >= 0.3 is 0 Å². The molecule has 3 aromatic rings. The Bertz CT molecular complexity index is 953. The van der Waals surface area contributed by atoms with E-state index < -0.39 is 0 Å². The fourth-order valence-corrected chi connectivity index (χ4v) is 4.17. The van der Waals surface area contributed by atoms with Crippen molar-refractivity contribution in [1.82, 2.24) is 9.47 Å². The van der Waals surface area contributed by atoms with Crippen LogP contribution in [-0.2, 0) is 6.54 Å². The van der Waals surface area contributed by atoms with Gasteiger partial charge in [-0.2, -0.15) is 0 Å². The van der Waals surface area contributed by atoms with Gasteiger partial charge in [-0.1, -0.05) is 28.1 Å². The van der Waals surface area contributed by atoms with Gasteiger partial charge in [0, 0.05) is 35.1 Å². The highest BCUT2D eigenvalue weighted by atomic mass is 79.9. The van der Waals surface area contributed by atoms with Gasteiger partial charge in [-0.25, -0.2) is 0 Å². The molecule has 0 saturated carbocycles. The number of anilines is 1. The Kier molecular flexibility index (Phi) is 5.69. The normalized spacial score (nSPS) is 15.8. The van der Waals surface area contributed by atoms with Crippen LogP contribution in [0, 0.1) is 0 Å². The van der Waals surface area contributed by atoms with E-state index in [1.54, 1.807) is 0 Å². The van der Waals surface area contributed by atoms with E-state index in [1.807, 2.05) is 43.3 Å². The van der Waals surface area contributed by atoms with Gasteiger partial charge < -0.3 is 19.5 Å². The highest BCUT2D eigenvalue weighted by Gasteiger charge is 2.30. The summed E-state index contributed by atoms with van der Waals surface area (Å²) >= 11 is 9.28. The highest BCUT2D eigenvalue weighted by molar-refractivity contribution is 9.10. The average molecular weight is 456 g/mol. The molecule has 144 valence electrons. The third-order valence-corrected chi connectivity index (χ3v) is 5.77. The van der Waals surface area contributed by atoms with Crippen LogP contribution in [0.3, 0.4) is 0 Å². The van der Waals surface area contributed by atoms with Crippen LogP contribution >= 0.6 is 28.1 Å². The maximum Gasteiger partial charge on any atom is 0.174 e. The largest absolute Gasteiger partial charge is 0.494 e. The fraction of sp³-hybridized carbons (Fsp3) is 0.227. The standard InChI is InChI=1S/C22H22BrN3OS/c1-2-27-19-11-5-16(6-12-19)21-20-4-3-13-25(20)14-15-26(21)22(28)24-18-9-7-17(23)8-10-18/h3-13,21H,2,14-15H2,1H3,(H,24,28)/t21-/m0/s1. The molecular weight excluding hydrogens is 434 g/mol. The molecular formula is C22H22BrN3OS. The molecule has 0 aliphatic carbocycles. The molecule has 1 aliphatic rings. The molecule has 4 nitrogen and oxygen atoms in total. The highest BCUT2D eigenvalue weighted by Crippen LogP contribution is 2.34. The first-order chi connectivity index (χ1) is 13.7. The Hall–Kier alpha value is -2.31. The summed E-state index contributed by atoms with van der Waals surface area (Å²) in [5.74, 6) is 0.888. The molecule has 1 N–H and O–H groups in total. The Labute approximate surface area is 179 Å². The molecule has 0 amide bonds. The third-order valence-electron chi connectivity index (χ3n) is 4.90. The molecule has 2 aromatic carbocycles. The van der Waals surface area contributed by atoms with E-state index in [0.29, 0.717) is 6.61 Å². The fourth-order valence-electron chi connectivity index (χ4n) is 3.59. The first-order valence-electron chi connectivity index (χ1n) is 9.36. The minimum atomic E-state index is 0.0647. The lowest BCUT2D eigenvalue weighted by Gasteiger charge is -2.39. The summed E-state index contributed by atoms with van der Waals surface area (Å²) in [4.78, 5) is 2.27. The maximum absolute atomic E-state index is 5.81. The van der Waals surface area contributed by atoms with Gasteiger partial charge in [0.15, 0.2) is 5.11 Å². The minimum Gasteiger partial charge on any atom is -0.494 e. The Morgan fingerprint density at radius 1 is 1.11 bits per heavy atom. The van der Waals surface area contributed by atoms with Crippen LogP contribution in [0.15, 0.2) is 71.3 Å². The quantitative estimate of drug-likeness (QED) is 0.529. The van der Waals surface area contributed by atoms with Gasteiger partial charge in [0.05, 0.1) is 12.6 Å². The van der Waals surface area contributed by atoms with Crippen molar-refractivity contribution >= 4 is 38.9 Å². The van der Waals surface area contributed by atoms with Crippen LogP contribution in [-0.4, -0.2) is 27.7 Å². The predicted octanol–water partition coefficient (Wildman–Crippen LogP) is 5.45. The van der Waals surface area contributed by atoms with E-state index in [-0.39, 0.29) is 6.04 Å². The molecule has 1 aliphatic heterocycles. The van der Waals surface area contributed by atoms with Crippen molar-refractivity contribution in [3.63, 3.8) is 0 Å². The number of hydrogen-bond acceptors (Lipinski definition) is 2. The lowest BCUT2D eigenvalue weighted by atomic mass is 10.00.